The fourth-order valence-electron chi connectivity index (χ4n) is 3.29. The number of benzene rings is 1. The lowest BCUT2D eigenvalue weighted by Gasteiger charge is -2.37. The molecule has 1 aromatic carbocycles. The molecule has 0 spiro atoms. The molecule has 1 unspecified atom stereocenters. The molecule has 7 heteroatoms. The van der Waals surface area contributed by atoms with Crippen LogP contribution in [0.2, 0.25) is 0 Å². The zero-order chi connectivity index (χ0) is 19.6. The van der Waals surface area contributed by atoms with Gasteiger partial charge in [-0.3, -0.25) is 14.5 Å². The lowest BCUT2D eigenvalue weighted by Crippen LogP contribution is -2.54. The third kappa shape index (κ3) is 4.19. The summed E-state index contributed by atoms with van der Waals surface area (Å²) in [6, 6.07) is 7.44. The minimum atomic E-state index is -0.459. The number of aryl methyl sites for hydroxylation is 2. The van der Waals surface area contributed by atoms with Gasteiger partial charge in [0.25, 0.3) is 5.91 Å². The summed E-state index contributed by atoms with van der Waals surface area (Å²) in [7, 11) is 0. The molecule has 2 heterocycles. The van der Waals surface area contributed by atoms with Crippen LogP contribution in [0.1, 0.15) is 28.8 Å². The van der Waals surface area contributed by atoms with Crippen molar-refractivity contribution in [2.45, 2.75) is 26.8 Å². The van der Waals surface area contributed by atoms with Gasteiger partial charge in [0.15, 0.2) is 0 Å². The van der Waals surface area contributed by atoms with Gasteiger partial charge in [0.1, 0.15) is 17.3 Å². The van der Waals surface area contributed by atoms with Gasteiger partial charge in [0.05, 0.1) is 17.3 Å². The van der Waals surface area contributed by atoms with Crippen LogP contribution in [-0.2, 0) is 4.79 Å². The minimum absolute atomic E-state index is 0.0486. The first-order chi connectivity index (χ1) is 12.9. The molecule has 2 amide bonds. The van der Waals surface area contributed by atoms with Gasteiger partial charge < -0.3 is 14.6 Å². The van der Waals surface area contributed by atoms with E-state index in [4.69, 9.17) is 4.42 Å². The highest BCUT2D eigenvalue weighted by Crippen LogP contribution is 2.18. The van der Waals surface area contributed by atoms with Gasteiger partial charge >= 0.3 is 0 Å². The van der Waals surface area contributed by atoms with Crippen LogP contribution >= 0.6 is 0 Å². The van der Waals surface area contributed by atoms with Gasteiger partial charge in [-0.2, -0.15) is 0 Å². The predicted molar refractivity (Wildman–Crippen MR) is 100 cm³/mol. The molecule has 0 aliphatic carbocycles. The molecular formula is C20H24FN3O3. The second-order valence-electron chi connectivity index (χ2n) is 6.80. The lowest BCUT2D eigenvalue weighted by atomic mass is 10.1. The number of halogens is 1. The van der Waals surface area contributed by atoms with Crippen molar-refractivity contribution in [3.63, 3.8) is 0 Å². The Labute approximate surface area is 157 Å². The van der Waals surface area contributed by atoms with Crippen molar-refractivity contribution in [2.75, 3.05) is 31.5 Å². The summed E-state index contributed by atoms with van der Waals surface area (Å²) in [5.41, 5.74) is 0.764. The van der Waals surface area contributed by atoms with Crippen LogP contribution in [0.4, 0.5) is 10.1 Å². The SMILES string of the molecule is Cc1cc(C(=O)N2CCN(C(C)C(=O)Nc3ccccc3F)CC2)c(C)o1. The van der Waals surface area contributed by atoms with Gasteiger partial charge in [0.2, 0.25) is 5.91 Å². The van der Waals surface area contributed by atoms with Gasteiger partial charge in [-0.05, 0) is 39.0 Å². The second-order valence-corrected chi connectivity index (χ2v) is 6.80. The summed E-state index contributed by atoms with van der Waals surface area (Å²) in [5.74, 6) is 0.568. The van der Waals surface area contributed by atoms with E-state index in [9.17, 15) is 14.0 Å². The first-order valence-corrected chi connectivity index (χ1v) is 9.02. The van der Waals surface area contributed by atoms with Gasteiger partial charge in [-0.25, -0.2) is 4.39 Å². The third-order valence-electron chi connectivity index (χ3n) is 4.93. The molecule has 1 saturated heterocycles. The molecule has 1 fully saturated rings. The van der Waals surface area contributed by atoms with Crippen LogP contribution in [0.15, 0.2) is 34.7 Å². The van der Waals surface area contributed by atoms with E-state index in [1.807, 2.05) is 11.8 Å². The predicted octanol–water partition coefficient (Wildman–Crippen LogP) is 2.82. The van der Waals surface area contributed by atoms with Crippen LogP contribution in [0.25, 0.3) is 0 Å². The quantitative estimate of drug-likeness (QED) is 0.895. The molecule has 1 N–H and O–H groups in total. The Bertz CT molecular complexity index is 841. The Morgan fingerprint density at radius 2 is 1.81 bits per heavy atom. The normalized spacial score (nSPS) is 16.2. The van der Waals surface area contributed by atoms with Crippen molar-refractivity contribution in [1.82, 2.24) is 9.80 Å². The smallest absolute Gasteiger partial charge is 0.257 e. The Hall–Kier alpha value is -2.67. The van der Waals surface area contributed by atoms with E-state index in [0.29, 0.717) is 43.3 Å². The van der Waals surface area contributed by atoms with Gasteiger partial charge in [-0.15, -0.1) is 0 Å². The fourth-order valence-corrected chi connectivity index (χ4v) is 3.29. The molecule has 0 radical (unpaired) electrons. The molecule has 1 atom stereocenters. The minimum Gasteiger partial charge on any atom is -0.466 e. The van der Waals surface area contributed by atoms with E-state index in [1.54, 1.807) is 36.9 Å². The standard InChI is InChI=1S/C20H24FN3O3/c1-13-12-16(15(3)27-13)20(26)24-10-8-23(9-11-24)14(2)19(25)22-18-7-5-4-6-17(18)21/h4-7,12,14H,8-11H2,1-3H3,(H,22,25). The second kappa shape index (κ2) is 7.92. The summed E-state index contributed by atoms with van der Waals surface area (Å²) in [5, 5.41) is 2.63. The number of hydrogen-bond donors (Lipinski definition) is 1. The van der Waals surface area contributed by atoms with E-state index in [2.05, 4.69) is 5.32 Å². The Morgan fingerprint density at radius 3 is 2.41 bits per heavy atom. The maximum absolute atomic E-state index is 13.7. The summed E-state index contributed by atoms with van der Waals surface area (Å²) in [6.07, 6.45) is 0. The van der Waals surface area contributed by atoms with Crippen molar-refractivity contribution in [2.24, 2.45) is 0 Å². The third-order valence-corrected chi connectivity index (χ3v) is 4.93. The van der Waals surface area contributed by atoms with Crippen LogP contribution in [-0.4, -0.2) is 53.8 Å². The average Bonchev–Trinajstić information content (AvgIpc) is 3.00. The number of amides is 2. The first-order valence-electron chi connectivity index (χ1n) is 9.02. The topological polar surface area (TPSA) is 65.8 Å². The van der Waals surface area contributed by atoms with Gasteiger partial charge in [-0.1, -0.05) is 12.1 Å². The molecule has 1 aromatic heterocycles. The van der Waals surface area contributed by atoms with E-state index in [0.717, 1.165) is 0 Å². The molecule has 0 saturated carbocycles. The average molecular weight is 373 g/mol. The Kier molecular flexibility index (Phi) is 5.60. The number of furan rings is 1. The number of carbonyl (C=O) groups is 2. The maximum Gasteiger partial charge on any atom is 0.257 e. The number of rotatable bonds is 4. The molecule has 3 rings (SSSR count). The summed E-state index contributed by atoms with van der Waals surface area (Å²) >= 11 is 0. The monoisotopic (exact) mass is 373 g/mol. The lowest BCUT2D eigenvalue weighted by molar-refractivity contribution is -0.121. The van der Waals surface area contributed by atoms with Crippen LogP contribution in [0, 0.1) is 19.7 Å². The number of hydrogen-bond acceptors (Lipinski definition) is 4. The maximum atomic E-state index is 13.7. The van der Waals surface area contributed by atoms with Crippen LogP contribution in [0.5, 0.6) is 0 Å². The van der Waals surface area contributed by atoms with Crippen molar-refractivity contribution in [3.8, 4) is 0 Å². The molecular weight excluding hydrogens is 349 g/mol. The number of anilines is 1. The summed E-state index contributed by atoms with van der Waals surface area (Å²) in [6.45, 7) is 7.60. The van der Waals surface area contributed by atoms with E-state index < -0.39 is 11.9 Å². The fraction of sp³-hybridized carbons (Fsp3) is 0.400. The number of piperazine rings is 1. The van der Waals surface area contributed by atoms with Crippen molar-refractivity contribution in [3.05, 3.63) is 53.2 Å². The Balaban J connectivity index is 1.56. The van der Waals surface area contributed by atoms with E-state index >= 15 is 0 Å². The number of carbonyl (C=O) groups excluding carboxylic acids is 2. The highest BCUT2D eigenvalue weighted by atomic mass is 19.1. The van der Waals surface area contributed by atoms with E-state index in [-0.39, 0.29) is 17.5 Å². The van der Waals surface area contributed by atoms with E-state index in [1.165, 1.54) is 12.1 Å². The summed E-state index contributed by atoms with van der Waals surface area (Å²) < 4.78 is 19.2. The van der Waals surface area contributed by atoms with Crippen molar-refractivity contribution < 1.29 is 18.4 Å². The number of nitrogens with zero attached hydrogens (tertiary/aromatic N) is 2. The molecule has 27 heavy (non-hydrogen) atoms. The largest absolute Gasteiger partial charge is 0.466 e. The highest BCUT2D eigenvalue weighted by Gasteiger charge is 2.29. The molecule has 2 aromatic rings. The van der Waals surface area contributed by atoms with Crippen molar-refractivity contribution in [1.29, 1.82) is 0 Å². The molecule has 0 bridgehead atoms. The molecule has 6 nitrogen and oxygen atoms in total. The number of nitrogens with one attached hydrogen (secondary N) is 1. The molecule has 144 valence electrons. The number of para-hydroxylation sites is 1. The summed E-state index contributed by atoms with van der Waals surface area (Å²) in [4.78, 5) is 28.9. The van der Waals surface area contributed by atoms with Gasteiger partial charge in [0, 0.05) is 26.2 Å². The zero-order valence-electron chi connectivity index (χ0n) is 15.8. The highest BCUT2D eigenvalue weighted by molar-refractivity contribution is 5.96. The molecule has 1 aliphatic heterocycles. The van der Waals surface area contributed by atoms with Crippen molar-refractivity contribution >= 4 is 17.5 Å². The van der Waals surface area contributed by atoms with Crippen LogP contribution in [0.3, 0.4) is 0 Å². The zero-order valence-corrected chi connectivity index (χ0v) is 15.8. The Morgan fingerprint density at radius 1 is 1.15 bits per heavy atom. The first kappa shape index (κ1) is 19.1. The van der Waals surface area contributed by atoms with Crippen LogP contribution < -0.4 is 5.32 Å². The molecule has 1 aliphatic rings.